The van der Waals surface area contributed by atoms with E-state index in [0.717, 1.165) is 87.8 Å². The zero-order valence-corrected chi connectivity index (χ0v) is 25.2. The SMILES string of the molecule is CCCC(C)CC1CC1CN(C(=O)C12CCC(CC1)CC2)c1ccc(OC)cc1OC(=O)C12CCC(CC1)CC2. The van der Waals surface area contributed by atoms with Gasteiger partial charge in [-0.15, -0.1) is 0 Å². The Morgan fingerprint density at radius 3 is 2.10 bits per heavy atom. The van der Waals surface area contributed by atoms with Crippen LogP contribution in [-0.4, -0.2) is 25.5 Å². The average Bonchev–Trinajstić information content (AvgIpc) is 3.74. The number of hydrogen-bond donors (Lipinski definition) is 0. The number of carbonyl (C=O) groups is 2. The first-order valence-electron chi connectivity index (χ1n) is 16.6. The van der Waals surface area contributed by atoms with Crippen molar-refractivity contribution in [3.8, 4) is 11.5 Å². The molecular weight excluding hydrogens is 498 g/mol. The molecule has 0 aliphatic heterocycles. The Morgan fingerprint density at radius 1 is 0.925 bits per heavy atom. The maximum absolute atomic E-state index is 14.6. The van der Waals surface area contributed by atoms with Gasteiger partial charge in [0.25, 0.3) is 0 Å². The van der Waals surface area contributed by atoms with E-state index in [1.165, 1.54) is 44.9 Å². The number of benzene rings is 1. The Bertz CT molecular complexity index is 1050. The normalized spacial score (nSPS) is 34.8. The third-order valence-corrected chi connectivity index (χ3v) is 12.0. The largest absolute Gasteiger partial charge is 0.497 e. The van der Waals surface area contributed by atoms with Gasteiger partial charge in [-0.1, -0.05) is 26.7 Å². The maximum Gasteiger partial charge on any atom is 0.317 e. The summed E-state index contributed by atoms with van der Waals surface area (Å²) in [7, 11) is 1.65. The Kier molecular flexibility index (Phi) is 7.96. The molecule has 0 spiro atoms. The average molecular weight is 550 g/mol. The number of carbonyl (C=O) groups excluding carboxylic acids is 2. The summed E-state index contributed by atoms with van der Waals surface area (Å²) in [5.41, 5.74) is 0.159. The van der Waals surface area contributed by atoms with Gasteiger partial charge in [-0.05, 0) is 132 Å². The Hall–Kier alpha value is -2.04. The highest BCUT2D eigenvalue weighted by Gasteiger charge is 2.51. The first kappa shape index (κ1) is 28.1. The van der Waals surface area contributed by atoms with Crippen LogP contribution >= 0.6 is 0 Å². The minimum absolute atomic E-state index is 0.0958. The van der Waals surface area contributed by atoms with Crippen LogP contribution in [0.3, 0.4) is 0 Å². The lowest BCUT2D eigenvalue weighted by molar-refractivity contribution is -0.152. The van der Waals surface area contributed by atoms with Gasteiger partial charge >= 0.3 is 5.97 Å². The molecule has 5 heteroatoms. The predicted molar refractivity (Wildman–Crippen MR) is 159 cm³/mol. The topological polar surface area (TPSA) is 55.8 Å². The summed E-state index contributed by atoms with van der Waals surface area (Å²) in [4.78, 5) is 30.5. The number of methoxy groups -OCH3 is 1. The van der Waals surface area contributed by atoms with Gasteiger partial charge in [-0.3, -0.25) is 9.59 Å². The summed E-state index contributed by atoms with van der Waals surface area (Å²) in [6.07, 6.45) is 17.7. The van der Waals surface area contributed by atoms with Gasteiger partial charge in [0.15, 0.2) is 5.75 Å². The van der Waals surface area contributed by atoms with Crippen LogP contribution in [0.25, 0.3) is 0 Å². The van der Waals surface area contributed by atoms with Crippen LogP contribution < -0.4 is 14.4 Å². The molecule has 3 unspecified atom stereocenters. The number of nitrogens with zero attached hydrogens (tertiary/aromatic N) is 1. The molecule has 4 bridgehead atoms. The van der Waals surface area contributed by atoms with Gasteiger partial charge in [0.05, 0.1) is 18.2 Å². The van der Waals surface area contributed by atoms with Crippen LogP contribution in [0.4, 0.5) is 5.69 Å². The highest BCUT2D eigenvalue weighted by molar-refractivity contribution is 5.99. The van der Waals surface area contributed by atoms with Crippen molar-refractivity contribution >= 4 is 17.6 Å². The zero-order chi connectivity index (χ0) is 27.9. The number of hydrogen-bond acceptors (Lipinski definition) is 4. The molecule has 0 radical (unpaired) electrons. The number of esters is 1. The van der Waals surface area contributed by atoms with Gasteiger partial charge in [0.1, 0.15) is 5.75 Å². The number of anilines is 1. The van der Waals surface area contributed by atoms with Gasteiger partial charge in [-0.25, -0.2) is 0 Å². The second kappa shape index (κ2) is 11.3. The van der Waals surface area contributed by atoms with Crippen molar-refractivity contribution in [1.82, 2.24) is 0 Å². The van der Waals surface area contributed by atoms with Crippen molar-refractivity contribution in [1.29, 1.82) is 0 Å². The molecule has 0 heterocycles. The number of amides is 1. The van der Waals surface area contributed by atoms with Crippen molar-refractivity contribution in [2.45, 2.75) is 117 Å². The van der Waals surface area contributed by atoms with Crippen molar-refractivity contribution in [2.24, 2.45) is 40.4 Å². The fraction of sp³-hybridized carbons (Fsp3) is 0.771. The van der Waals surface area contributed by atoms with Crippen molar-refractivity contribution in [3.63, 3.8) is 0 Å². The Morgan fingerprint density at radius 2 is 1.52 bits per heavy atom. The second-order valence-corrected chi connectivity index (χ2v) is 14.5. The van der Waals surface area contributed by atoms with Gasteiger partial charge < -0.3 is 14.4 Å². The number of rotatable bonds is 11. The smallest absolute Gasteiger partial charge is 0.317 e. The lowest BCUT2D eigenvalue weighted by Gasteiger charge is -2.47. The minimum atomic E-state index is -0.360. The molecule has 7 saturated carbocycles. The predicted octanol–water partition coefficient (Wildman–Crippen LogP) is 8.34. The number of ether oxygens (including phenoxy) is 2. The van der Waals surface area contributed by atoms with E-state index in [9.17, 15) is 9.59 Å². The van der Waals surface area contributed by atoms with E-state index < -0.39 is 0 Å². The standard InChI is InChI=1S/C35H51NO4/c1-4-5-24(2)20-27-21-28(27)23-36(32(37)34-14-8-25(9-15-34)10-16-34)30-7-6-29(39-3)22-31(30)40-33(38)35-17-11-26(12-18-35)13-19-35/h6-7,22,24-28H,4-5,8-21,23H2,1-3H3. The molecule has 8 rings (SSSR count). The molecule has 1 aromatic carbocycles. The Balaban J connectivity index is 1.29. The van der Waals surface area contributed by atoms with Gasteiger partial charge in [-0.2, -0.15) is 0 Å². The molecular formula is C35H51NO4. The van der Waals surface area contributed by atoms with Crippen LogP contribution in [-0.2, 0) is 9.59 Å². The molecule has 3 atom stereocenters. The minimum Gasteiger partial charge on any atom is -0.497 e. The molecule has 40 heavy (non-hydrogen) atoms. The summed E-state index contributed by atoms with van der Waals surface area (Å²) >= 11 is 0. The molecule has 7 fully saturated rings. The summed E-state index contributed by atoms with van der Waals surface area (Å²) in [6, 6.07) is 5.76. The lowest BCUT2D eigenvalue weighted by atomic mass is 9.60. The van der Waals surface area contributed by atoms with E-state index in [1.807, 2.05) is 18.2 Å². The van der Waals surface area contributed by atoms with Crippen LogP contribution in [0.2, 0.25) is 0 Å². The summed E-state index contributed by atoms with van der Waals surface area (Å²) in [6.45, 7) is 5.38. The van der Waals surface area contributed by atoms with E-state index in [4.69, 9.17) is 9.47 Å². The fourth-order valence-corrected chi connectivity index (χ4v) is 9.02. The molecule has 7 aliphatic carbocycles. The molecule has 7 aliphatic rings. The highest BCUT2D eigenvalue weighted by Crippen LogP contribution is 2.54. The van der Waals surface area contributed by atoms with E-state index in [-0.39, 0.29) is 22.7 Å². The fourth-order valence-electron chi connectivity index (χ4n) is 9.02. The zero-order valence-electron chi connectivity index (χ0n) is 25.2. The van der Waals surface area contributed by atoms with Gasteiger partial charge in [0.2, 0.25) is 5.91 Å². The van der Waals surface area contributed by atoms with Crippen LogP contribution in [0.5, 0.6) is 11.5 Å². The maximum atomic E-state index is 14.6. The van der Waals surface area contributed by atoms with Crippen molar-refractivity contribution in [2.75, 3.05) is 18.6 Å². The molecule has 0 aromatic heterocycles. The summed E-state index contributed by atoms with van der Waals surface area (Å²) in [5, 5.41) is 0. The molecule has 220 valence electrons. The lowest BCUT2D eigenvalue weighted by Crippen LogP contribution is -2.49. The van der Waals surface area contributed by atoms with Crippen LogP contribution in [0.1, 0.15) is 117 Å². The molecule has 0 saturated heterocycles. The Labute approximate surface area is 241 Å². The van der Waals surface area contributed by atoms with E-state index in [2.05, 4.69) is 18.7 Å². The van der Waals surface area contributed by atoms with Crippen LogP contribution in [0.15, 0.2) is 18.2 Å². The van der Waals surface area contributed by atoms with Crippen LogP contribution in [0, 0.1) is 40.4 Å². The third-order valence-electron chi connectivity index (χ3n) is 12.0. The molecule has 1 aromatic rings. The van der Waals surface area contributed by atoms with E-state index >= 15 is 0 Å². The monoisotopic (exact) mass is 549 g/mol. The molecule has 1 amide bonds. The summed E-state index contributed by atoms with van der Waals surface area (Å²) in [5.74, 6) is 4.89. The first-order chi connectivity index (χ1) is 19.3. The first-order valence-corrected chi connectivity index (χ1v) is 16.6. The molecule has 0 N–H and O–H groups in total. The van der Waals surface area contributed by atoms with Crippen molar-refractivity contribution in [3.05, 3.63) is 18.2 Å². The second-order valence-electron chi connectivity index (χ2n) is 14.5. The highest BCUT2D eigenvalue weighted by atomic mass is 16.5. The van der Waals surface area contributed by atoms with E-state index in [0.29, 0.717) is 23.3 Å². The quantitative estimate of drug-likeness (QED) is 0.206. The van der Waals surface area contributed by atoms with Crippen molar-refractivity contribution < 1.29 is 19.1 Å². The molecule has 5 nitrogen and oxygen atoms in total. The van der Waals surface area contributed by atoms with E-state index in [1.54, 1.807) is 7.11 Å². The number of fused-ring (bicyclic) bond motifs is 6. The summed E-state index contributed by atoms with van der Waals surface area (Å²) < 4.78 is 11.9. The van der Waals surface area contributed by atoms with Gasteiger partial charge in [0, 0.05) is 18.0 Å². The third kappa shape index (κ3) is 5.43.